The molecule has 1 aromatic rings. The van der Waals surface area contributed by atoms with Crippen LogP contribution in [0.1, 0.15) is 31.4 Å². The van der Waals surface area contributed by atoms with E-state index in [0.29, 0.717) is 19.4 Å². The quantitative estimate of drug-likeness (QED) is 0.893. The van der Waals surface area contributed by atoms with Gasteiger partial charge in [0, 0.05) is 6.61 Å². The second-order valence-corrected chi connectivity index (χ2v) is 6.16. The van der Waals surface area contributed by atoms with E-state index in [0.717, 1.165) is 5.56 Å². The summed E-state index contributed by atoms with van der Waals surface area (Å²) in [7, 11) is 0. The van der Waals surface area contributed by atoms with Crippen LogP contribution in [0.3, 0.4) is 0 Å². The number of rotatable bonds is 4. The molecule has 2 aliphatic rings. The van der Waals surface area contributed by atoms with Gasteiger partial charge >= 0.3 is 6.03 Å². The maximum Gasteiger partial charge on any atom is 0.315 e. The van der Waals surface area contributed by atoms with Gasteiger partial charge in [-0.15, -0.1) is 0 Å². The maximum absolute atomic E-state index is 13.8. The lowest BCUT2D eigenvalue weighted by Crippen LogP contribution is -2.45. The molecule has 1 heterocycles. The van der Waals surface area contributed by atoms with Crippen molar-refractivity contribution in [2.45, 2.75) is 37.3 Å². The van der Waals surface area contributed by atoms with Crippen molar-refractivity contribution in [3.63, 3.8) is 0 Å². The molecule has 2 fully saturated rings. The van der Waals surface area contributed by atoms with Gasteiger partial charge in [-0.25, -0.2) is 18.0 Å². The Balaban J connectivity index is 1.53. The van der Waals surface area contributed by atoms with E-state index in [1.54, 1.807) is 19.1 Å². The van der Waals surface area contributed by atoms with E-state index in [1.807, 2.05) is 0 Å². The van der Waals surface area contributed by atoms with Gasteiger partial charge in [0.2, 0.25) is 0 Å². The molecule has 1 aliphatic carbocycles. The molecule has 4 nitrogen and oxygen atoms in total. The number of nitrogens with one attached hydrogen (secondary N) is 2. The maximum atomic E-state index is 13.8. The van der Waals surface area contributed by atoms with Crippen LogP contribution in [-0.2, 0) is 4.74 Å². The van der Waals surface area contributed by atoms with Gasteiger partial charge in [0.1, 0.15) is 5.82 Å². The summed E-state index contributed by atoms with van der Waals surface area (Å²) in [5.74, 6) is -4.04. The monoisotopic (exact) mass is 328 g/mol. The van der Waals surface area contributed by atoms with Crippen molar-refractivity contribution >= 4 is 6.03 Å². The lowest BCUT2D eigenvalue weighted by molar-refractivity contribution is -0.0572. The highest BCUT2D eigenvalue weighted by Crippen LogP contribution is 2.64. The molecular weight excluding hydrogens is 309 g/mol. The third kappa shape index (κ3) is 2.78. The van der Waals surface area contributed by atoms with Gasteiger partial charge in [-0.05, 0) is 37.5 Å². The molecule has 2 amide bonds. The van der Waals surface area contributed by atoms with Crippen LogP contribution in [0.25, 0.3) is 0 Å². The lowest BCUT2D eigenvalue weighted by Gasteiger charge is -2.22. The predicted octanol–water partition coefficient (Wildman–Crippen LogP) is 3.00. The number of amides is 2. The molecule has 126 valence electrons. The highest BCUT2D eigenvalue weighted by atomic mass is 19.3. The fourth-order valence-corrected chi connectivity index (χ4v) is 3.25. The molecular formula is C16H19F3N2O2. The lowest BCUT2D eigenvalue weighted by atomic mass is 10.1. The molecule has 23 heavy (non-hydrogen) atoms. The number of halogens is 3. The molecule has 1 saturated heterocycles. The summed E-state index contributed by atoms with van der Waals surface area (Å²) in [6.07, 6.45) is 1.04. The smallest absolute Gasteiger partial charge is 0.315 e. The summed E-state index contributed by atoms with van der Waals surface area (Å²) in [5, 5.41) is 5.12. The molecule has 0 bridgehead atoms. The summed E-state index contributed by atoms with van der Waals surface area (Å²) < 4.78 is 45.8. The Morgan fingerprint density at radius 1 is 1.39 bits per heavy atom. The van der Waals surface area contributed by atoms with Gasteiger partial charge in [0.05, 0.1) is 18.5 Å². The Morgan fingerprint density at radius 3 is 2.74 bits per heavy atom. The van der Waals surface area contributed by atoms with E-state index >= 15 is 0 Å². The largest absolute Gasteiger partial charge is 0.366 e. The predicted molar refractivity (Wildman–Crippen MR) is 77.7 cm³/mol. The number of alkyl halides is 2. The highest BCUT2D eigenvalue weighted by molar-refractivity contribution is 5.74. The molecule has 1 saturated carbocycles. The third-order valence-electron chi connectivity index (χ3n) is 4.71. The number of carbonyl (C=O) groups is 1. The number of ether oxygens (including phenoxy) is 1. The zero-order valence-electron chi connectivity index (χ0n) is 12.7. The minimum Gasteiger partial charge on any atom is -0.366 e. The SMILES string of the molecule is C[C@@H](NC(=O)NC[C@]12OCCC[C@H]1C2(F)F)c1ccc(F)cc1. The van der Waals surface area contributed by atoms with Crippen molar-refractivity contribution < 1.29 is 22.7 Å². The molecule has 0 aromatic heterocycles. The van der Waals surface area contributed by atoms with Crippen LogP contribution in [-0.4, -0.2) is 30.7 Å². The minimum atomic E-state index is -2.88. The number of urea groups is 1. The van der Waals surface area contributed by atoms with Crippen molar-refractivity contribution in [3.05, 3.63) is 35.6 Å². The molecule has 1 aromatic carbocycles. The first kappa shape index (κ1) is 16.1. The Labute approximate surface area is 132 Å². The number of hydrogen-bond donors (Lipinski definition) is 2. The van der Waals surface area contributed by atoms with E-state index in [9.17, 15) is 18.0 Å². The topological polar surface area (TPSA) is 50.4 Å². The average Bonchev–Trinajstić information content (AvgIpc) is 3.03. The van der Waals surface area contributed by atoms with Gasteiger partial charge in [0.15, 0.2) is 5.60 Å². The zero-order chi connectivity index (χ0) is 16.7. The zero-order valence-corrected chi connectivity index (χ0v) is 12.7. The molecule has 3 atom stereocenters. The van der Waals surface area contributed by atoms with E-state index in [-0.39, 0.29) is 18.4 Å². The van der Waals surface area contributed by atoms with Crippen LogP contribution >= 0.6 is 0 Å². The molecule has 7 heteroatoms. The number of hydrogen-bond acceptors (Lipinski definition) is 2. The first-order valence-corrected chi connectivity index (χ1v) is 7.68. The van der Waals surface area contributed by atoms with Gasteiger partial charge < -0.3 is 15.4 Å². The number of carbonyl (C=O) groups excluding carboxylic acids is 1. The van der Waals surface area contributed by atoms with E-state index in [2.05, 4.69) is 10.6 Å². The molecule has 3 rings (SSSR count). The second kappa shape index (κ2) is 5.70. The van der Waals surface area contributed by atoms with Crippen LogP contribution in [0, 0.1) is 11.7 Å². The summed E-state index contributed by atoms with van der Waals surface area (Å²) in [6, 6.07) is 4.82. The van der Waals surface area contributed by atoms with Crippen LogP contribution in [0.2, 0.25) is 0 Å². The molecule has 1 aliphatic heterocycles. The number of fused-ring (bicyclic) bond motifs is 1. The minimum absolute atomic E-state index is 0.216. The summed E-state index contributed by atoms with van der Waals surface area (Å²) in [6.45, 7) is 1.81. The van der Waals surface area contributed by atoms with Crippen LogP contribution in [0.4, 0.5) is 18.0 Å². The first-order valence-electron chi connectivity index (χ1n) is 7.68. The summed E-state index contributed by atoms with van der Waals surface area (Å²) in [4.78, 5) is 11.9. The van der Waals surface area contributed by atoms with Crippen LogP contribution in [0.15, 0.2) is 24.3 Å². The van der Waals surface area contributed by atoms with Gasteiger partial charge in [-0.1, -0.05) is 12.1 Å². The van der Waals surface area contributed by atoms with Crippen molar-refractivity contribution in [2.75, 3.05) is 13.2 Å². The average molecular weight is 328 g/mol. The highest BCUT2D eigenvalue weighted by Gasteiger charge is 2.82. The Kier molecular flexibility index (Phi) is 4.00. The van der Waals surface area contributed by atoms with Crippen molar-refractivity contribution in [1.82, 2.24) is 10.6 Å². The Hall–Kier alpha value is -1.76. The molecule has 0 spiro atoms. The molecule has 0 unspecified atom stereocenters. The number of benzene rings is 1. The van der Waals surface area contributed by atoms with Crippen LogP contribution in [0.5, 0.6) is 0 Å². The summed E-state index contributed by atoms with van der Waals surface area (Å²) >= 11 is 0. The van der Waals surface area contributed by atoms with Crippen LogP contribution < -0.4 is 10.6 Å². The van der Waals surface area contributed by atoms with Gasteiger partial charge in [-0.3, -0.25) is 0 Å². The molecule has 0 radical (unpaired) electrons. The Morgan fingerprint density at radius 2 is 2.09 bits per heavy atom. The van der Waals surface area contributed by atoms with Gasteiger partial charge in [0.25, 0.3) is 5.92 Å². The van der Waals surface area contributed by atoms with Crippen molar-refractivity contribution in [2.24, 2.45) is 5.92 Å². The second-order valence-electron chi connectivity index (χ2n) is 6.16. The fourth-order valence-electron chi connectivity index (χ4n) is 3.25. The molecule has 2 N–H and O–H groups in total. The van der Waals surface area contributed by atoms with Gasteiger partial charge in [-0.2, -0.15) is 0 Å². The first-order chi connectivity index (χ1) is 10.9. The van der Waals surface area contributed by atoms with Crippen molar-refractivity contribution in [1.29, 1.82) is 0 Å². The normalized spacial score (nSPS) is 29.3. The fraction of sp³-hybridized carbons (Fsp3) is 0.562. The summed E-state index contributed by atoms with van der Waals surface area (Å²) in [5.41, 5.74) is -0.815. The van der Waals surface area contributed by atoms with E-state index < -0.39 is 23.5 Å². The standard InChI is InChI=1S/C16H19F3N2O2/c1-10(11-4-6-12(17)7-5-11)21-14(22)20-9-15-13(16(15,18)19)3-2-8-23-15/h4-7,10,13H,2-3,8-9H2,1H3,(H2,20,21,22)/t10-,13-,15+/m1/s1. The Bertz CT molecular complexity index is 593. The van der Waals surface area contributed by atoms with Crippen molar-refractivity contribution in [3.8, 4) is 0 Å². The van der Waals surface area contributed by atoms with E-state index in [1.165, 1.54) is 12.1 Å². The van der Waals surface area contributed by atoms with E-state index in [4.69, 9.17) is 4.74 Å². The third-order valence-corrected chi connectivity index (χ3v) is 4.71.